The second kappa shape index (κ2) is 8.69. The Labute approximate surface area is 174 Å². The summed E-state index contributed by atoms with van der Waals surface area (Å²) in [5.74, 6) is -1.92. The summed E-state index contributed by atoms with van der Waals surface area (Å²) in [4.78, 5) is 6.93. The first-order valence-electron chi connectivity index (χ1n) is 8.96. The molecule has 1 aliphatic carbocycles. The van der Waals surface area contributed by atoms with Crippen LogP contribution in [0.1, 0.15) is 24.1 Å². The van der Waals surface area contributed by atoms with Crippen molar-refractivity contribution in [2.24, 2.45) is 0 Å². The van der Waals surface area contributed by atoms with E-state index < -0.39 is 17.8 Å². The van der Waals surface area contributed by atoms with E-state index in [1.165, 1.54) is 6.07 Å². The van der Waals surface area contributed by atoms with E-state index in [9.17, 15) is 22.0 Å². The van der Waals surface area contributed by atoms with Crippen molar-refractivity contribution in [3.63, 3.8) is 0 Å². The maximum absolute atomic E-state index is 14.2. The highest BCUT2D eigenvalue weighted by atomic mass is 35.5. The van der Waals surface area contributed by atoms with Gasteiger partial charge in [-0.3, -0.25) is 4.98 Å². The minimum atomic E-state index is -4.71. The average molecular weight is 446 g/mol. The van der Waals surface area contributed by atoms with E-state index in [2.05, 4.69) is 15.3 Å². The summed E-state index contributed by atoms with van der Waals surface area (Å²) in [5, 5.41) is 4.84. The van der Waals surface area contributed by atoms with Gasteiger partial charge in [-0.15, -0.1) is 12.4 Å². The lowest BCUT2D eigenvalue weighted by Gasteiger charge is -2.36. The van der Waals surface area contributed by atoms with Crippen molar-refractivity contribution in [1.82, 2.24) is 15.3 Å². The molecule has 160 valence electrons. The topological polar surface area (TPSA) is 47.0 Å². The molecular weight excluding hydrogens is 429 g/mol. The summed E-state index contributed by atoms with van der Waals surface area (Å²) in [5.41, 5.74) is -0.768. The first-order valence-corrected chi connectivity index (χ1v) is 8.96. The second-order valence-corrected chi connectivity index (χ2v) is 6.90. The molecule has 2 aromatic heterocycles. The zero-order valence-electron chi connectivity index (χ0n) is 15.4. The molecule has 1 aromatic carbocycles. The van der Waals surface area contributed by atoms with Gasteiger partial charge in [0.05, 0.1) is 0 Å². The van der Waals surface area contributed by atoms with Crippen LogP contribution in [-0.4, -0.2) is 22.1 Å². The van der Waals surface area contributed by atoms with E-state index in [0.717, 1.165) is 16.8 Å². The van der Waals surface area contributed by atoms with Gasteiger partial charge in [-0.1, -0.05) is 0 Å². The van der Waals surface area contributed by atoms with Crippen molar-refractivity contribution in [2.45, 2.75) is 37.7 Å². The van der Waals surface area contributed by atoms with Crippen LogP contribution >= 0.6 is 12.4 Å². The van der Waals surface area contributed by atoms with Gasteiger partial charge < -0.3 is 10.1 Å². The Morgan fingerprint density at radius 1 is 1.07 bits per heavy atom. The Morgan fingerprint density at radius 2 is 1.83 bits per heavy atom. The van der Waals surface area contributed by atoms with Gasteiger partial charge in [0.25, 0.3) is 5.95 Å². The van der Waals surface area contributed by atoms with Crippen LogP contribution in [0.3, 0.4) is 0 Å². The number of fused-ring (bicyclic) bond motifs is 1. The molecule has 1 saturated carbocycles. The highest BCUT2D eigenvalue weighted by Gasteiger charge is 2.35. The molecule has 2 heterocycles. The van der Waals surface area contributed by atoms with Crippen molar-refractivity contribution in [2.75, 3.05) is 0 Å². The van der Waals surface area contributed by atoms with E-state index in [1.807, 2.05) is 0 Å². The number of ether oxygens (including phenoxy) is 1. The number of pyridine rings is 2. The molecule has 0 unspecified atom stereocenters. The smallest absolute Gasteiger partial charge is 0.433 e. The molecule has 3 aromatic rings. The van der Waals surface area contributed by atoms with Crippen molar-refractivity contribution < 1.29 is 26.7 Å². The molecule has 0 atom stereocenters. The van der Waals surface area contributed by atoms with Gasteiger partial charge in [0.1, 0.15) is 17.6 Å². The van der Waals surface area contributed by atoms with Gasteiger partial charge >= 0.3 is 6.18 Å². The highest BCUT2D eigenvalue weighted by molar-refractivity contribution is 5.85. The van der Waals surface area contributed by atoms with Crippen LogP contribution in [0.25, 0.3) is 10.8 Å². The highest BCUT2D eigenvalue weighted by Crippen LogP contribution is 2.32. The van der Waals surface area contributed by atoms with E-state index in [1.54, 1.807) is 24.5 Å². The number of nitrogens with one attached hydrogen (secondary N) is 1. The molecule has 1 N–H and O–H groups in total. The molecule has 0 saturated heterocycles. The van der Waals surface area contributed by atoms with Crippen LogP contribution in [0.15, 0.2) is 42.7 Å². The van der Waals surface area contributed by atoms with Gasteiger partial charge in [-0.25, -0.2) is 9.37 Å². The fourth-order valence-electron chi connectivity index (χ4n) is 3.31. The first-order chi connectivity index (χ1) is 13.8. The second-order valence-electron chi connectivity index (χ2n) is 6.90. The zero-order valence-corrected chi connectivity index (χ0v) is 16.2. The quantitative estimate of drug-likeness (QED) is 0.441. The van der Waals surface area contributed by atoms with Crippen molar-refractivity contribution in [1.29, 1.82) is 0 Å². The number of hydrogen-bond donors (Lipinski definition) is 1. The Kier molecular flexibility index (Phi) is 6.42. The number of hydrogen-bond acceptors (Lipinski definition) is 4. The summed E-state index contributed by atoms with van der Waals surface area (Å²) in [6, 6.07) is 6.47. The molecule has 10 heteroatoms. The monoisotopic (exact) mass is 445 g/mol. The summed E-state index contributed by atoms with van der Waals surface area (Å²) >= 11 is 0. The lowest BCUT2D eigenvalue weighted by atomic mass is 9.89. The maximum Gasteiger partial charge on any atom is 0.433 e. The van der Waals surface area contributed by atoms with Crippen LogP contribution in [0.2, 0.25) is 0 Å². The molecule has 30 heavy (non-hydrogen) atoms. The van der Waals surface area contributed by atoms with Gasteiger partial charge in [0, 0.05) is 35.9 Å². The Bertz CT molecular complexity index is 1040. The molecule has 0 aliphatic heterocycles. The predicted molar refractivity (Wildman–Crippen MR) is 102 cm³/mol. The molecular formula is C20H17ClF5N3O. The van der Waals surface area contributed by atoms with Gasteiger partial charge in [-0.2, -0.15) is 17.6 Å². The Hall–Kier alpha value is -2.52. The third kappa shape index (κ3) is 4.62. The molecule has 1 aliphatic rings. The summed E-state index contributed by atoms with van der Waals surface area (Å²) in [6.07, 6.45) is -0.744. The molecule has 0 bridgehead atoms. The van der Waals surface area contributed by atoms with Crippen molar-refractivity contribution in [3.8, 4) is 5.75 Å². The lowest BCUT2D eigenvalue weighted by Crippen LogP contribution is -2.46. The minimum absolute atomic E-state index is 0. The SMILES string of the molecule is Cl.Fc1ccc2cnccc2c1CNC1CC(Oc2ccc(C(F)(F)F)nc2F)C1. The minimum Gasteiger partial charge on any atom is -0.486 e. The van der Waals surface area contributed by atoms with E-state index in [-0.39, 0.29) is 36.1 Å². The fraction of sp³-hybridized carbons (Fsp3) is 0.300. The summed E-state index contributed by atoms with van der Waals surface area (Å²) in [7, 11) is 0. The fourth-order valence-corrected chi connectivity index (χ4v) is 3.31. The largest absolute Gasteiger partial charge is 0.486 e. The van der Waals surface area contributed by atoms with Crippen LogP contribution < -0.4 is 10.1 Å². The van der Waals surface area contributed by atoms with E-state index >= 15 is 0 Å². The van der Waals surface area contributed by atoms with Crippen LogP contribution in [0.5, 0.6) is 5.75 Å². The standard InChI is InChI=1S/C20H16F5N3O.ClH/c21-16-2-1-11-9-26-6-5-14(11)15(16)10-27-12-7-13(8-12)29-17-3-4-18(20(23,24)25)28-19(17)22;/h1-6,9,12-13,27H,7-8,10H2;1H. The molecule has 4 nitrogen and oxygen atoms in total. The maximum atomic E-state index is 14.2. The molecule has 0 spiro atoms. The predicted octanol–water partition coefficient (Wildman–Crippen LogP) is 5.05. The molecule has 0 amide bonds. The third-order valence-corrected chi connectivity index (χ3v) is 4.94. The van der Waals surface area contributed by atoms with Crippen LogP contribution in [-0.2, 0) is 12.7 Å². The Balaban J connectivity index is 0.00000256. The molecule has 4 rings (SSSR count). The van der Waals surface area contributed by atoms with E-state index in [4.69, 9.17) is 4.74 Å². The zero-order chi connectivity index (χ0) is 20.6. The summed E-state index contributed by atoms with van der Waals surface area (Å²) < 4.78 is 71.0. The number of nitrogens with zero attached hydrogens (tertiary/aromatic N) is 2. The van der Waals surface area contributed by atoms with Crippen molar-refractivity contribution in [3.05, 3.63) is 65.7 Å². The van der Waals surface area contributed by atoms with E-state index in [0.29, 0.717) is 31.0 Å². The van der Waals surface area contributed by atoms with Gasteiger partial charge in [0.15, 0.2) is 5.75 Å². The normalized spacial score (nSPS) is 18.6. The number of alkyl halides is 3. The lowest BCUT2D eigenvalue weighted by molar-refractivity contribution is -0.141. The van der Waals surface area contributed by atoms with Crippen molar-refractivity contribution >= 4 is 23.2 Å². The summed E-state index contributed by atoms with van der Waals surface area (Å²) in [6.45, 7) is 0.306. The van der Waals surface area contributed by atoms with Crippen LogP contribution in [0, 0.1) is 11.8 Å². The average Bonchev–Trinajstić information content (AvgIpc) is 2.65. The number of benzene rings is 1. The van der Waals surface area contributed by atoms with Gasteiger partial charge in [-0.05, 0) is 48.6 Å². The Morgan fingerprint density at radius 3 is 2.53 bits per heavy atom. The van der Waals surface area contributed by atoms with Crippen LogP contribution in [0.4, 0.5) is 22.0 Å². The van der Waals surface area contributed by atoms with Gasteiger partial charge in [0.2, 0.25) is 0 Å². The number of aromatic nitrogens is 2. The number of rotatable bonds is 5. The molecule has 1 fully saturated rings. The molecule has 0 radical (unpaired) electrons. The first kappa shape index (κ1) is 22.2. The third-order valence-electron chi connectivity index (χ3n) is 4.94. The number of halogens is 6.